The van der Waals surface area contributed by atoms with Crippen molar-refractivity contribution in [2.75, 3.05) is 36.4 Å². The molecule has 210 valence electrons. The molecule has 0 spiro atoms. The Balaban J connectivity index is 1.34. The maximum absolute atomic E-state index is 13.2. The SMILES string of the molecule is N#Cc1ccc(C(=O)Nc2cc(C(=O)NC3CCC(N)CC3)ccc2N2CCN(C(=O)c3cccnc3)CC2)cc1. The summed E-state index contributed by atoms with van der Waals surface area (Å²) in [6.07, 6.45) is 6.65. The van der Waals surface area contributed by atoms with Crippen molar-refractivity contribution in [1.82, 2.24) is 15.2 Å². The van der Waals surface area contributed by atoms with Gasteiger partial charge in [-0.25, -0.2) is 0 Å². The molecular formula is C31H33N7O3. The van der Waals surface area contributed by atoms with Crippen LogP contribution in [0.1, 0.15) is 62.3 Å². The van der Waals surface area contributed by atoms with E-state index < -0.39 is 0 Å². The molecule has 1 saturated carbocycles. The summed E-state index contributed by atoms with van der Waals surface area (Å²) in [6, 6.07) is 17.5. The fourth-order valence-corrected chi connectivity index (χ4v) is 5.30. The van der Waals surface area contributed by atoms with Crippen LogP contribution in [0.2, 0.25) is 0 Å². The van der Waals surface area contributed by atoms with Crippen molar-refractivity contribution in [1.29, 1.82) is 5.26 Å². The summed E-state index contributed by atoms with van der Waals surface area (Å²) in [5.74, 6) is -0.611. The number of pyridine rings is 1. The molecule has 2 aromatic carbocycles. The van der Waals surface area contributed by atoms with Gasteiger partial charge in [0, 0.05) is 61.8 Å². The number of carbonyl (C=O) groups excluding carboxylic acids is 3. The van der Waals surface area contributed by atoms with E-state index in [2.05, 4.69) is 26.6 Å². The minimum atomic E-state index is -0.347. The average molecular weight is 552 g/mol. The molecule has 3 aromatic rings. The van der Waals surface area contributed by atoms with Gasteiger partial charge in [0.15, 0.2) is 0 Å². The zero-order valence-corrected chi connectivity index (χ0v) is 22.8. The van der Waals surface area contributed by atoms with E-state index in [9.17, 15) is 14.4 Å². The number of carbonyl (C=O) groups is 3. The van der Waals surface area contributed by atoms with Crippen molar-refractivity contribution in [3.8, 4) is 6.07 Å². The van der Waals surface area contributed by atoms with Crippen molar-refractivity contribution in [3.05, 3.63) is 89.2 Å². The van der Waals surface area contributed by atoms with Gasteiger partial charge in [0.05, 0.1) is 28.6 Å². The number of hydrogen-bond donors (Lipinski definition) is 3. The number of nitrogens with zero attached hydrogens (tertiary/aromatic N) is 4. The molecule has 0 bridgehead atoms. The largest absolute Gasteiger partial charge is 0.366 e. The number of aromatic nitrogens is 1. The number of nitrogens with two attached hydrogens (primary N) is 1. The van der Waals surface area contributed by atoms with E-state index >= 15 is 0 Å². The predicted octanol–water partition coefficient (Wildman–Crippen LogP) is 3.17. The summed E-state index contributed by atoms with van der Waals surface area (Å²) >= 11 is 0. The molecule has 10 nitrogen and oxygen atoms in total. The Labute approximate surface area is 239 Å². The highest BCUT2D eigenvalue weighted by Gasteiger charge is 2.26. The number of hydrogen-bond acceptors (Lipinski definition) is 7. The van der Waals surface area contributed by atoms with Gasteiger partial charge in [-0.05, 0) is 80.3 Å². The van der Waals surface area contributed by atoms with Crippen LogP contribution < -0.4 is 21.3 Å². The first-order chi connectivity index (χ1) is 19.9. The van der Waals surface area contributed by atoms with Crippen LogP contribution in [0.25, 0.3) is 0 Å². The fourth-order valence-electron chi connectivity index (χ4n) is 5.30. The summed E-state index contributed by atoms with van der Waals surface area (Å²) in [4.78, 5) is 47.2. The number of amides is 3. The molecule has 5 rings (SSSR count). The molecule has 2 fully saturated rings. The normalized spacial score (nSPS) is 18.7. The molecule has 3 amide bonds. The molecular weight excluding hydrogens is 518 g/mol. The van der Waals surface area contributed by atoms with Gasteiger partial charge in [-0.2, -0.15) is 5.26 Å². The quantitative estimate of drug-likeness (QED) is 0.427. The monoisotopic (exact) mass is 551 g/mol. The van der Waals surface area contributed by atoms with Gasteiger partial charge in [-0.15, -0.1) is 0 Å². The lowest BCUT2D eigenvalue weighted by atomic mass is 9.91. The Morgan fingerprint density at radius 2 is 1.59 bits per heavy atom. The first kappa shape index (κ1) is 27.8. The van der Waals surface area contributed by atoms with Crippen molar-refractivity contribution < 1.29 is 14.4 Å². The van der Waals surface area contributed by atoms with Crippen LogP contribution in [0.3, 0.4) is 0 Å². The Hall–Kier alpha value is -4.75. The standard InChI is InChI=1S/C31H33N7O3/c32-19-21-3-5-22(6-4-21)29(39)36-27-18-23(30(40)35-26-10-8-25(33)9-11-26)7-12-28(27)37-14-16-38(17-15-37)31(41)24-2-1-13-34-20-24/h1-7,12-13,18,20,25-26H,8-11,14-17,33H2,(H,35,40)(H,36,39). The number of nitriles is 1. The predicted molar refractivity (Wildman–Crippen MR) is 156 cm³/mol. The molecule has 0 radical (unpaired) electrons. The van der Waals surface area contributed by atoms with E-state index in [-0.39, 0.29) is 29.8 Å². The molecule has 2 aliphatic rings. The maximum Gasteiger partial charge on any atom is 0.255 e. The third-order valence-corrected chi connectivity index (χ3v) is 7.71. The van der Waals surface area contributed by atoms with E-state index in [1.807, 2.05) is 6.07 Å². The van der Waals surface area contributed by atoms with Crippen LogP contribution in [0.15, 0.2) is 67.0 Å². The maximum atomic E-state index is 13.2. The van der Waals surface area contributed by atoms with E-state index in [4.69, 9.17) is 11.0 Å². The number of anilines is 2. The van der Waals surface area contributed by atoms with Crippen LogP contribution in [0.4, 0.5) is 11.4 Å². The molecule has 4 N–H and O–H groups in total. The molecule has 1 saturated heterocycles. The Morgan fingerprint density at radius 3 is 2.24 bits per heavy atom. The first-order valence-corrected chi connectivity index (χ1v) is 13.9. The highest BCUT2D eigenvalue weighted by Crippen LogP contribution is 2.30. The van der Waals surface area contributed by atoms with Crippen LogP contribution in [0.5, 0.6) is 0 Å². The summed E-state index contributed by atoms with van der Waals surface area (Å²) in [5, 5.41) is 15.2. The van der Waals surface area contributed by atoms with Gasteiger partial charge in [0.2, 0.25) is 0 Å². The van der Waals surface area contributed by atoms with Crippen LogP contribution in [-0.2, 0) is 0 Å². The Kier molecular flexibility index (Phi) is 8.56. The molecule has 0 unspecified atom stereocenters. The molecule has 1 aromatic heterocycles. The second-order valence-electron chi connectivity index (χ2n) is 10.5. The summed E-state index contributed by atoms with van der Waals surface area (Å²) in [7, 11) is 0. The molecule has 2 heterocycles. The van der Waals surface area contributed by atoms with Crippen LogP contribution in [-0.4, -0.2) is 65.9 Å². The van der Waals surface area contributed by atoms with E-state index in [0.717, 1.165) is 31.4 Å². The van der Waals surface area contributed by atoms with E-state index in [1.54, 1.807) is 65.8 Å². The zero-order valence-electron chi connectivity index (χ0n) is 22.8. The molecule has 0 atom stereocenters. The zero-order chi connectivity index (χ0) is 28.8. The van der Waals surface area contributed by atoms with Gasteiger partial charge >= 0.3 is 0 Å². The third kappa shape index (κ3) is 6.70. The first-order valence-electron chi connectivity index (χ1n) is 13.9. The van der Waals surface area contributed by atoms with Gasteiger partial charge in [0.25, 0.3) is 17.7 Å². The van der Waals surface area contributed by atoms with Crippen LogP contribution >= 0.6 is 0 Å². The third-order valence-electron chi connectivity index (χ3n) is 7.71. The fraction of sp³-hybridized carbons (Fsp3) is 0.323. The number of nitrogens with one attached hydrogen (secondary N) is 2. The lowest BCUT2D eigenvalue weighted by Gasteiger charge is -2.37. The minimum Gasteiger partial charge on any atom is -0.366 e. The lowest BCUT2D eigenvalue weighted by molar-refractivity contribution is 0.0746. The number of piperazine rings is 1. The van der Waals surface area contributed by atoms with Crippen molar-refractivity contribution >= 4 is 29.1 Å². The lowest BCUT2D eigenvalue weighted by Crippen LogP contribution is -2.49. The van der Waals surface area contributed by atoms with Gasteiger partial charge in [-0.1, -0.05) is 0 Å². The minimum absolute atomic E-state index is 0.0669. The van der Waals surface area contributed by atoms with Crippen molar-refractivity contribution in [2.45, 2.75) is 37.8 Å². The van der Waals surface area contributed by atoms with Gasteiger partial charge in [-0.3, -0.25) is 19.4 Å². The Morgan fingerprint density at radius 1 is 0.878 bits per heavy atom. The molecule has 10 heteroatoms. The summed E-state index contributed by atoms with van der Waals surface area (Å²) in [5.41, 5.74) is 9.14. The molecule has 41 heavy (non-hydrogen) atoms. The average Bonchev–Trinajstić information content (AvgIpc) is 3.02. The topological polar surface area (TPSA) is 144 Å². The Bertz CT molecular complexity index is 1440. The second-order valence-corrected chi connectivity index (χ2v) is 10.5. The van der Waals surface area contributed by atoms with Crippen molar-refractivity contribution in [3.63, 3.8) is 0 Å². The van der Waals surface area contributed by atoms with Crippen molar-refractivity contribution in [2.24, 2.45) is 5.73 Å². The summed E-state index contributed by atoms with van der Waals surface area (Å²) in [6.45, 7) is 2.12. The number of benzene rings is 2. The number of rotatable bonds is 6. The summed E-state index contributed by atoms with van der Waals surface area (Å²) < 4.78 is 0. The van der Waals surface area contributed by atoms with Crippen LogP contribution in [0, 0.1) is 11.3 Å². The molecule has 1 aliphatic heterocycles. The van der Waals surface area contributed by atoms with E-state index in [0.29, 0.717) is 54.1 Å². The highest BCUT2D eigenvalue weighted by molar-refractivity contribution is 6.07. The smallest absolute Gasteiger partial charge is 0.255 e. The highest BCUT2D eigenvalue weighted by atomic mass is 16.2. The van der Waals surface area contributed by atoms with Gasteiger partial charge < -0.3 is 26.2 Å². The molecule has 1 aliphatic carbocycles. The second kappa shape index (κ2) is 12.6. The van der Waals surface area contributed by atoms with E-state index in [1.165, 1.54) is 0 Å². The van der Waals surface area contributed by atoms with Gasteiger partial charge in [0.1, 0.15) is 0 Å².